The van der Waals surface area contributed by atoms with Gasteiger partial charge in [0.2, 0.25) is 23.6 Å². The van der Waals surface area contributed by atoms with Gasteiger partial charge in [-0.3, -0.25) is 19.2 Å². The van der Waals surface area contributed by atoms with Crippen molar-refractivity contribution in [3.63, 3.8) is 0 Å². The van der Waals surface area contributed by atoms with Crippen LogP contribution in [0.15, 0.2) is 24.3 Å². The van der Waals surface area contributed by atoms with E-state index >= 15 is 0 Å². The molecule has 0 radical (unpaired) electrons. The first-order valence-corrected chi connectivity index (χ1v) is 12.9. The van der Waals surface area contributed by atoms with Crippen LogP contribution in [0.2, 0.25) is 0 Å². The third-order valence-corrected chi connectivity index (χ3v) is 7.51. The van der Waals surface area contributed by atoms with Crippen LogP contribution in [0.1, 0.15) is 45.1 Å². The van der Waals surface area contributed by atoms with Gasteiger partial charge in [-0.25, -0.2) is 0 Å². The molecule has 1 aromatic carbocycles. The Kier molecular flexibility index (Phi) is 9.34. The summed E-state index contributed by atoms with van der Waals surface area (Å²) < 4.78 is 5.33. The van der Waals surface area contributed by atoms with Crippen LogP contribution in [-0.4, -0.2) is 99.7 Å². The van der Waals surface area contributed by atoms with Crippen molar-refractivity contribution in [2.45, 2.75) is 81.8 Å². The quantitative estimate of drug-likeness (QED) is 0.244. The summed E-state index contributed by atoms with van der Waals surface area (Å²) in [6.45, 7) is 3.32. The minimum absolute atomic E-state index is 0.112. The zero-order valence-corrected chi connectivity index (χ0v) is 22.1. The zero-order chi connectivity index (χ0) is 28.2. The number of amides is 4. The van der Waals surface area contributed by atoms with Crippen LogP contribution in [0.4, 0.5) is 0 Å². The van der Waals surface area contributed by atoms with Crippen LogP contribution in [-0.2, 0) is 25.6 Å². The Labute approximate surface area is 222 Å². The van der Waals surface area contributed by atoms with Crippen LogP contribution in [0.3, 0.4) is 0 Å². The predicted octanol–water partition coefficient (Wildman–Crippen LogP) is -1.35. The molecule has 2 aliphatic heterocycles. The van der Waals surface area contributed by atoms with E-state index in [0.29, 0.717) is 38.0 Å². The number of rotatable bonds is 10. The maximum absolute atomic E-state index is 14.0. The lowest BCUT2D eigenvalue weighted by Crippen LogP contribution is -2.65. The molecule has 3 rings (SSSR count). The Morgan fingerprint density at radius 2 is 1.87 bits per heavy atom. The highest BCUT2D eigenvalue weighted by Gasteiger charge is 2.53. The van der Waals surface area contributed by atoms with Crippen LogP contribution < -0.4 is 21.5 Å². The van der Waals surface area contributed by atoms with E-state index in [1.54, 1.807) is 18.2 Å². The monoisotopic (exact) mass is 533 g/mol. The van der Waals surface area contributed by atoms with Crippen LogP contribution in [0, 0.1) is 0 Å². The van der Waals surface area contributed by atoms with Gasteiger partial charge in [0, 0.05) is 19.5 Å². The molecule has 6 atom stereocenters. The van der Waals surface area contributed by atoms with Gasteiger partial charge in [0.1, 0.15) is 29.4 Å². The summed E-state index contributed by atoms with van der Waals surface area (Å²) in [4.78, 5) is 55.7. The van der Waals surface area contributed by atoms with Crippen molar-refractivity contribution < 1.29 is 34.1 Å². The minimum Gasteiger partial charge on any atom is -0.497 e. The summed E-state index contributed by atoms with van der Waals surface area (Å²) in [6, 6.07) is 3.75. The SMILES string of the molecule is COc1cccc(CC2(C(=O)N[C@H](C(N)=O)[C@@H](C)O)CCCN2C(=O)C2CCCN2C(=O)[C@@H](N)[C@@H](C)O)c1. The zero-order valence-electron chi connectivity index (χ0n) is 22.1. The molecule has 0 spiro atoms. The maximum Gasteiger partial charge on any atom is 0.247 e. The number of carbonyl (C=O) groups is 4. The number of carbonyl (C=O) groups excluding carboxylic acids is 4. The second-order valence-electron chi connectivity index (χ2n) is 10.2. The average molecular weight is 534 g/mol. The molecule has 2 fully saturated rings. The highest BCUT2D eigenvalue weighted by molar-refractivity contribution is 5.98. The Morgan fingerprint density at radius 1 is 1.16 bits per heavy atom. The van der Waals surface area contributed by atoms with Gasteiger partial charge >= 0.3 is 0 Å². The second kappa shape index (κ2) is 12.1. The highest BCUT2D eigenvalue weighted by Crippen LogP contribution is 2.36. The first-order valence-electron chi connectivity index (χ1n) is 12.9. The van der Waals surface area contributed by atoms with Crippen LogP contribution >= 0.6 is 0 Å². The van der Waals surface area contributed by atoms with E-state index in [9.17, 15) is 29.4 Å². The maximum atomic E-state index is 14.0. The lowest BCUT2D eigenvalue weighted by molar-refractivity contribution is -0.152. The predicted molar refractivity (Wildman–Crippen MR) is 138 cm³/mol. The molecule has 2 unspecified atom stereocenters. The van der Waals surface area contributed by atoms with Crippen molar-refractivity contribution in [1.29, 1.82) is 0 Å². The van der Waals surface area contributed by atoms with E-state index in [1.807, 2.05) is 6.07 Å². The molecular formula is C26H39N5O7. The normalized spacial score (nSPS) is 24.4. The molecule has 7 N–H and O–H groups in total. The highest BCUT2D eigenvalue weighted by atomic mass is 16.5. The molecule has 2 saturated heterocycles. The fraction of sp³-hybridized carbons (Fsp3) is 0.615. The summed E-state index contributed by atoms with van der Waals surface area (Å²) >= 11 is 0. The van der Waals surface area contributed by atoms with Gasteiger partial charge in [0.25, 0.3) is 0 Å². The van der Waals surface area contributed by atoms with Crippen molar-refractivity contribution in [3.05, 3.63) is 29.8 Å². The van der Waals surface area contributed by atoms with E-state index in [2.05, 4.69) is 5.32 Å². The molecule has 0 bridgehead atoms. The summed E-state index contributed by atoms with van der Waals surface area (Å²) in [6.07, 6.45) is -0.462. The van der Waals surface area contributed by atoms with E-state index in [0.717, 1.165) is 5.56 Å². The Balaban J connectivity index is 1.99. The minimum atomic E-state index is -1.41. The molecule has 2 aliphatic rings. The van der Waals surface area contributed by atoms with Gasteiger partial charge in [-0.1, -0.05) is 12.1 Å². The Hall–Kier alpha value is -3.22. The fourth-order valence-corrected chi connectivity index (χ4v) is 5.39. The van der Waals surface area contributed by atoms with Gasteiger partial charge in [-0.15, -0.1) is 0 Å². The topological polar surface area (TPSA) is 189 Å². The number of aliphatic hydroxyl groups is 2. The van der Waals surface area contributed by atoms with Gasteiger partial charge < -0.3 is 41.5 Å². The average Bonchev–Trinajstić information content (AvgIpc) is 3.53. The number of hydrogen-bond donors (Lipinski definition) is 5. The first-order chi connectivity index (χ1) is 17.9. The number of ether oxygens (including phenoxy) is 1. The third-order valence-electron chi connectivity index (χ3n) is 7.51. The molecule has 12 nitrogen and oxygen atoms in total. The van der Waals surface area contributed by atoms with E-state index in [4.69, 9.17) is 16.2 Å². The van der Waals surface area contributed by atoms with Gasteiger partial charge in [-0.2, -0.15) is 0 Å². The van der Waals surface area contributed by atoms with Crippen molar-refractivity contribution in [3.8, 4) is 5.75 Å². The number of nitrogens with zero attached hydrogens (tertiary/aromatic N) is 2. The number of nitrogens with two attached hydrogens (primary N) is 2. The standard InChI is InChI=1S/C26H39N5O7/c1-15(32)20(27)24(36)30-11-5-9-19(30)23(35)31-12-6-10-26(31,14-17-7-4-8-18(13-17)38-3)25(37)29-21(16(2)33)22(28)34/h4,7-8,13,15-16,19-21,32-33H,5-6,9-12,14,27H2,1-3H3,(H2,28,34)(H,29,37)/t15-,16-,19?,20+,21+,26?/m1/s1. The van der Waals surface area contributed by atoms with Gasteiger partial charge in [0.15, 0.2) is 0 Å². The lowest BCUT2D eigenvalue weighted by Gasteiger charge is -2.41. The Morgan fingerprint density at radius 3 is 2.47 bits per heavy atom. The molecule has 210 valence electrons. The van der Waals surface area contributed by atoms with Crippen LogP contribution in [0.5, 0.6) is 5.75 Å². The Bertz CT molecular complexity index is 1050. The van der Waals surface area contributed by atoms with Crippen molar-refractivity contribution in [1.82, 2.24) is 15.1 Å². The smallest absolute Gasteiger partial charge is 0.247 e. The molecule has 4 amide bonds. The number of hydrogen-bond acceptors (Lipinski definition) is 8. The molecule has 1 aromatic rings. The molecule has 0 aromatic heterocycles. The fourth-order valence-electron chi connectivity index (χ4n) is 5.39. The summed E-state index contributed by atoms with van der Waals surface area (Å²) in [7, 11) is 1.52. The van der Waals surface area contributed by atoms with Crippen LogP contribution in [0.25, 0.3) is 0 Å². The molecule has 0 aliphatic carbocycles. The van der Waals surface area contributed by atoms with Gasteiger partial charge in [0.05, 0.1) is 19.3 Å². The number of likely N-dealkylation sites (tertiary alicyclic amines) is 2. The van der Waals surface area contributed by atoms with E-state index < -0.39 is 59.5 Å². The summed E-state index contributed by atoms with van der Waals surface area (Å²) in [5.41, 5.74) is 10.6. The van der Waals surface area contributed by atoms with Crippen molar-refractivity contribution in [2.24, 2.45) is 11.5 Å². The van der Waals surface area contributed by atoms with Crippen molar-refractivity contribution in [2.75, 3.05) is 20.2 Å². The number of benzene rings is 1. The second-order valence-corrected chi connectivity index (χ2v) is 10.2. The molecule has 2 heterocycles. The van der Waals surface area contributed by atoms with Crippen molar-refractivity contribution >= 4 is 23.6 Å². The molecule has 0 saturated carbocycles. The third kappa shape index (κ3) is 5.92. The number of methoxy groups -OCH3 is 1. The number of primary amides is 1. The molecular weight excluding hydrogens is 494 g/mol. The van der Waals surface area contributed by atoms with Gasteiger partial charge in [-0.05, 0) is 57.2 Å². The largest absolute Gasteiger partial charge is 0.497 e. The first kappa shape index (κ1) is 29.3. The summed E-state index contributed by atoms with van der Waals surface area (Å²) in [5.74, 6) is -1.88. The lowest BCUT2D eigenvalue weighted by atomic mass is 9.86. The van der Waals surface area contributed by atoms with E-state index in [1.165, 1.54) is 30.8 Å². The van der Waals surface area contributed by atoms with E-state index in [-0.39, 0.29) is 13.0 Å². The number of nitrogens with one attached hydrogen (secondary N) is 1. The molecule has 12 heteroatoms. The molecule has 38 heavy (non-hydrogen) atoms. The number of aliphatic hydroxyl groups excluding tert-OH is 2. The summed E-state index contributed by atoms with van der Waals surface area (Å²) in [5, 5.41) is 22.5.